The van der Waals surface area contributed by atoms with Crippen molar-refractivity contribution in [2.24, 2.45) is 5.73 Å². The first-order valence-electron chi connectivity index (χ1n) is 6.54. The Morgan fingerprint density at radius 2 is 2.11 bits per heavy atom. The largest absolute Gasteiger partial charge is 0.329 e. The van der Waals surface area contributed by atoms with Crippen molar-refractivity contribution < 1.29 is 0 Å². The van der Waals surface area contributed by atoms with Crippen molar-refractivity contribution in [3.05, 3.63) is 56.7 Å². The summed E-state index contributed by atoms with van der Waals surface area (Å²) >= 11 is 7.66. The third-order valence-corrected chi connectivity index (χ3v) is 4.95. The molecule has 0 fully saturated rings. The zero-order chi connectivity index (χ0) is 13.2. The molecule has 0 saturated carbocycles. The quantitative estimate of drug-likeness (QED) is 0.939. The van der Waals surface area contributed by atoms with Crippen LogP contribution in [0.4, 0.5) is 0 Å². The van der Waals surface area contributed by atoms with Gasteiger partial charge in [-0.1, -0.05) is 35.9 Å². The van der Waals surface area contributed by atoms with Gasteiger partial charge in [0.25, 0.3) is 0 Å². The maximum Gasteiger partial charge on any atom is 0.0931 e. The van der Waals surface area contributed by atoms with E-state index in [0.29, 0.717) is 12.6 Å². The number of halogens is 1. The molecule has 3 rings (SSSR count). The highest BCUT2D eigenvalue weighted by molar-refractivity contribution is 7.16. The highest BCUT2D eigenvalue weighted by Gasteiger charge is 2.26. The monoisotopic (exact) mass is 292 g/mol. The first kappa shape index (κ1) is 13.1. The molecule has 1 aromatic carbocycles. The lowest BCUT2D eigenvalue weighted by Gasteiger charge is -2.36. The van der Waals surface area contributed by atoms with Gasteiger partial charge in [-0.25, -0.2) is 0 Å². The summed E-state index contributed by atoms with van der Waals surface area (Å²) in [5.74, 6) is 0. The minimum atomic E-state index is 0.325. The molecule has 2 nitrogen and oxygen atoms in total. The molecule has 0 aliphatic carbocycles. The molecule has 0 spiro atoms. The first-order valence-corrected chi connectivity index (χ1v) is 7.73. The Balaban J connectivity index is 1.84. The molecule has 0 radical (unpaired) electrons. The van der Waals surface area contributed by atoms with E-state index in [2.05, 4.69) is 35.2 Å². The Morgan fingerprint density at radius 1 is 1.26 bits per heavy atom. The second-order valence-corrected chi connectivity index (χ2v) is 6.68. The van der Waals surface area contributed by atoms with Gasteiger partial charge >= 0.3 is 0 Å². The van der Waals surface area contributed by atoms with E-state index in [1.807, 2.05) is 6.07 Å². The van der Waals surface area contributed by atoms with E-state index < -0.39 is 0 Å². The molecule has 0 bridgehead atoms. The predicted octanol–water partition coefficient (Wildman–Crippen LogP) is 3.46. The van der Waals surface area contributed by atoms with E-state index in [4.69, 9.17) is 17.3 Å². The lowest BCUT2D eigenvalue weighted by Crippen LogP contribution is -2.38. The maximum atomic E-state index is 6.00. The number of thiophene rings is 1. The molecule has 2 aromatic rings. The molecule has 100 valence electrons. The summed E-state index contributed by atoms with van der Waals surface area (Å²) in [7, 11) is 0. The summed E-state index contributed by atoms with van der Waals surface area (Å²) in [5, 5.41) is 0. The Kier molecular flexibility index (Phi) is 3.89. The SMILES string of the molecule is NCC1c2ccccc2CCN1Cc1ccc(Cl)s1. The topological polar surface area (TPSA) is 29.3 Å². The molecule has 0 saturated heterocycles. The number of fused-ring (bicyclic) bond motifs is 1. The van der Waals surface area contributed by atoms with Gasteiger partial charge in [-0.15, -0.1) is 11.3 Å². The summed E-state index contributed by atoms with van der Waals surface area (Å²) in [6.07, 6.45) is 1.10. The van der Waals surface area contributed by atoms with Gasteiger partial charge in [0, 0.05) is 30.6 Å². The third-order valence-electron chi connectivity index (χ3n) is 3.73. The second kappa shape index (κ2) is 5.63. The second-order valence-electron chi connectivity index (χ2n) is 4.88. The number of nitrogens with zero attached hydrogens (tertiary/aromatic N) is 1. The minimum absolute atomic E-state index is 0.325. The summed E-state index contributed by atoms with van der Waals surface area (Å²) < 4.78 is 0.858. The van der Waals surface area contributed by atoms with Gasteiger partial charge in [-0.05, 0) is 29.7 Å². The Labute approximate surface area is 122 Å². The number of nitrogens with two attached hydrogens (primary N) is 1. The van der Waals surface area contributed by atoms with Crippen LogP contribution in [0.15, 0.2) is 36.4 Å². The highest BCUT2D eigenvalue weighted by atomic mass is 35.5. The number of rotatable bonds is 3. The first-order chi connectivity index (χ1) is 9.28. The van der Waals surface area contributed by atoms with Gasteiger partial charge < -0.3 is 5.73 Å². The normalized spacial score (nSPS) is 19.4. The maximum absolute atomic E-state index is 6.00. The number of hydrogen-bond donors (Lipinski definition) is 1. The van der Waals surface area contributed by atoms with Gasteiger partial charge in [-0.2, -0.15) is 0 Å². The Morgan fingerprint density at radius 3 is 2.84 bits per heavy atom. The Hall–Kier alpha value is -0.870. The average Bonchev–Trinajstić information content (AvgIpc) is 2.84. The van der Waals surface area contributed by atoms with Crippen molar-refractivity contribution in [1.82, 2.24) is 4.90 Å². The minimum Gasteiger partial charge on any atom is -0.329 e. The molecule has 1 unspecified atom stereocenters. The van der Waals surface area contributed by atoms with Crippen molar-refractivity contribution in [2.45, 2.75) is 19.0 Å². The third kappa shape index (κ3) is 2.70. The van der Waals surface area contributed by atoms with Crippen molar-refractivity contribution in [1.29, 1.82) is 0 Å². The van der Waals surface area contributed by atoms with Crippen LogP contribution in [0.3, 0.4) is 0 Å². The number of benzene rings is 1. The van der Waals surface area contributed by atoms with Crippen LogP contribution in [-0.2, 0) is 13.0 Å². The predicted molar refractivity (Wildman–Crippen MR) is 81.7 cm³/mol. The highest BCUT2D eigenvalue weighted by Crippen LogP contribution is 2.31. The van der Waals surface area contributed by atoms with Gasteiger partial charge in [0.2, 0.25) is 0 Å². The van der Waals surface area contributed by atoms with Crippen LogP contribution in [0.5, 0.6) is 0 Å². The van der Waals surface area contributed by atoms with Crippen molar-refractivity contribution in [3.63, 3.8) is 0 Å². The molecule has 1 aliphatic heterocycles. The molecule has 1 aliphatic rings. The van der Waals surface area contributed by atoms with Crippen LogP contribution in [-0.4, -0.2) is 18.0 Å². The number of hydrogen-bond acceptors (Lipinski definition) is 3. The van der Waals surface area contributed by atoms with Crippen LogP contribution < -0.4 is 5.73 Å². The molecule has 1 atom stereocenters. The van der Waals surface area contributed by atoms with Gasteiger partial charge in [0.15, 0.2) is 0 Å². The van der Waals surface area contributed by atoms with Crippen LogP contribution in [0.25, 0.3) is 0 Å². The fourth-order valence-electron chi connectivity index (χ4n) is 2.81. The molecule has 0 amide bonds. The van der Waals surface area contributed by atoms with Crippen LogP contribution in [0.1, 0.15) is 22.0 Å². The summed E-state index contributed by atoms with van der Waals surface area (Å²) in [4.78, 5) is 3.77. The van der Waals surface area contributed by atoms with Crippen LogP contribution in [0.2, 0.25) is 4.34 Å². The summed E-state index contributed by atoms with van der Waals surface area (Å²) in [6.45, 7) is 2.66. The van der Waals surface area contributed by atoms with E-state index in [1.54, 1.807) is 11.3 Å². The summed E-state index contributed by atoms with van der Waals surface area (Å²) in [5.41, 5.74) is 8.83. The molecule has 19 heavy (non-hydrogen) atoms. The van der Waals surface area contributed by atoms with E-state index in [0.717, 1.165) is 23.8 Å². The lowest BCUT2D eigenvalue weighted by molar-refractivity contribution is 0.182. The molecule has 2 N–H and O–H groups in total. The van der Waals surface area contributed by atoms with Crippen molar-refractivity contribution >= 4 is 22.9 Å². The smallest absolute Gasteiger partial charge is 0.0931 e. The van der Waals surface area contributed by atoms with Crippen molar-refractivity contribution in [2.75, 3.05) is 13.1 Å². The fourth-order valence-corrected chi connectivity index (χ4v) is 3.92. The van der Waals surface area contributed by atoms with Gasteiger partial charge in [-0.3, -0.25) is 4.90 Å². The van der Waals surface area contributed by atoms with Gasteiger partial charge in [0.05, 0.1) is 4.34 Å². The molecule has 1 aromatic heterocycles. The Bertz CT molecular complexity index is 567. The zero-order valence-electron chi connectivity index (χ0n) is 10.7. The molecular formula is C15H17ClN2S. The van der Waals surface area contributed by atoms with Gasteiger partial charge in [0.1, 0.15) is 0 Å². The van der Waals surface area contributed by atoms with E-state index in [1.165, 1.54) is 16.0 Å². The van der Waals surface area contributed by atoms with E-state index in [-0.39, 0.29) is 0 Å². The van der Waals surface area contributed by atoms with Crippen molar-refractivity contribution in [3.8, 4) is 0 Å². The molecule has 4 heteroatoms. The molecular weight excluding hydrogens is 276 g/mol. The zero-order valence-corrected chi connectivity index (χ0v) is 12.3. The van der Waals surface area contributed by atoms with Crippen LogP contribution >= 0.6 is 22.9 Å². The van der Waals surface area contributed by atoms with E-state index >= 15 is 0 Å². The lowest BCUT2D eigenvalue weighted by atomic mass is 9.92. The van der Waals surface area contributed by atoms with E-state index in [9.17, 15) is 0 Å². The fraction of sp³-hybridized carbons (Fsp3) is 0.333. The standard InChI is InChI=1S/C15H17ClN2S/c16-15-6-5-12(19-15)10-18-8-7-11-3-1-2-4-13(11)14(18)9-17/h1-6,14H,7-10,17H2. The summed E-state index contributed by atoms with van der Waals surface area (Å²) in [6, 6.07) is 13.1. The average molecular weight is 293 g/mol. The molecule has 2 heterocycles. The van der Waals surface area contributed by atoms with Crippen LogP contribution in [0, 0.1) is 0 Å².